The van der Waals surface area contributed by atoms with E-state index in [0.29, 0.717) is 25.9 Å². The summed E-state index contributed by atoms with van der Waals surface area (Å²) in [6, 6.07) is 5.82. The molecule has 0 N–H and O–H groups in total. The van der Waals surface area contributed by atoms with E-state index in [4.69, 9.17) is 0 Å². The van der Waals surface area contributed by atoms with E-state index in [9.17, 15) is 13.2 Å². The van der Waals surface area contributed by atoms with E-state index in [-0.39, 0.29) is 11.9 Å². The molecule has 1 aromatic rings. The van der Waals surface area contributed by atoms with Gasteiger partial charge in [0.2, 0.25) is 10.0 Å². The number of sulfonamides is 1. The van der Waals surface area contributed by atoms with Gasteiger partial charge in [-0.15, -0.1) is 0 Å². The van der Waals surface area contributed by atoms with Crippen LogP contribution in [0.2, 0.25) is 0 Å². The van der Waals surface area contributed by atoms with Gasteiger partial charge in [-0.25, -0.2) is 12.7 Å². The van der Waals surface area contributed by atoms with Crippen LogP contribution in [0.3, 0.4) is 0 Å². The summed E-state index contributed by atoms with van der Waals surface area (Å²) >= 11 is 0. The van der Waals surface area contributed by atoms with Gasteiger partial charge >= 0.3 is 0 Å². The lowest BCUT2D eigenvalue weighted by atomic mass is 10.0. The first-order valence-corrected chi connectivity index (χ1v) is 9.34. The first-order chi connectivity index (χ1) is 10.2. The first-order valence-electron chi connectivity index (χ1n) is 7.49. The average molecular weight is 324 g/mol. The summed E-state index contributed by atoms with van der Waals surface area (Å²) in [5.74, 6) is 0.0398. The van der Waals surface area contributed by atoms with Crippen LogP contribution in [0.5, 0.6) is 0 Å². The van der Waals surface area contributed by atoms with Crippen molar-refractivity contribution in [3.63, 3.8) is 0 Å². The molecule has 1 fully saturated rings. The Balaban J connectivity index is 2.04. The highest BCUT2D eigenvalue weighted by atomic mass is 32.2. The Hall–Kier alpha value is -1.40. The molecule has 0 atom stereocenters. The Labute approximate surface area is 133 Å². The Kier molecular flexibility index (Phi) is 4.92. The highest BCUT2D eigenvalue weighted by Gasteiger charge is 2.29. The van der Waals surface area contributed by atoms with Crippen molar-refractivity contribution in [1.29, 1.82) is 0 Å². The van der Waals surface area contributed by atoms with Crippen molar-refractivity contribution < 1.29 is 13.2 Å². The molecule has 0 radical (unpaired) electrons. The molecule has 0 saturated carbocycles. The summed E-state index contributed by atoms with van der Waals surface area (Å²) in [6.07, 6.45) is 2.58. The van der Waals surface area contributed by atoms with Crippen molar-refractivity contribution in [3.05, 3.63) is 34.9 Å². The molecule has 2 rings (SSSR count). The Morgan fingerprint density at radius 2 is 1.82 bits per heavy atom. The van der Waals surface area contributed by atoms with Crippen LogP contribution in [0.15, 0.2) is 18.2 Å². The molecule has 5 nitrogen and oxygen atoms in total. The van der Waals surface area contributed by atoms with Gasteiger partial charge in [-0.2, -0.15) is 0 Å². The average Bonchev–Trinajstić information content (AvgIpc) is 2.45. The van der Waals surface area contributed by atoms with Gasteiger partial charge in [0.1, 0.15) is 0 Å². The Bertz CT molecular complexity index is 662. The van der Waals surface area contributed by atoms with Gasteiger partial charge in [0.15, 0.2) is 0 Å². The molecule has 1 saturated heterocycles. The molecule has 1 aliphatic rings. The van der Waals surface area contributed by atoms with Crippen molar-refractivity contribution in [2.75, 3.05) is 26.4 Å². The smallest absolute Gasteiger partial charge is 0.254 e. The minimum absolute atomic E-state index is 0.0156. The molecule has 1 aliphatic heterocycles. The summed E-state index contributed by atoms with van der Waals surface area (Å²) in [5, 5.41) is 0. The second-order valence-electron chi connectivity index (χ2n) is 6.12. The number of carbonyl (C=O) groups excluding carboxylic acids is 1. The zero-order valence-electron chi connectivity index (χ0n) is 13.7. The van der Waals surface area contributed by atoms with E-state index in [2.05, 4.69) is 0 Å². The molecule has 6 heteroatoms. The van der Waals surface area contributed by atoms with Gasteiger partial charge in [-0.1, -0.05) is 17.7 Å². The first kappa shape index (κ1) is 17.0. The third kappa shape index (κ3) is 3.67. The molecule has 122 valence electrons. The number of carbonyl (C=O) groups is 1. The van der Waals surface area contributed by atoms with Gasteiger partial charge in [0, 0.05) is 31.7 Å². The van der Waals surface area contributed by atoms with Gasteiger partial charge < -0.3 is 4.90 Å². The van der Waals surface area contributed by atoms with Crippen molar-refractivity contribution in [1.82, 2.24) is 9.21 Å². The van der Waals surface area contributed by atoms with E-state index in [1.54, 1.807) is 7.05 Å². The fourth-order valence-corrected chi connectivity index (χ4v) is 3.68. The number of likely N-dealkylation sites (tertiary alicyclic amines) is 1. The van der Waals surface area contributed by atoms with Crippen LogP contribution in [0, 0.1) is 13.8 Å². The molecule has 1 aromatic carbocycles. The van der Waals surface area contributed by atoms with Crippen molar-refractivity contribution >= 4 is 15.9 Å². The molecule has 22 heavy (non-hydrogen) atoms. The van der Waals surface area contributed by atoms with Crippen LogP contribution < -0.4 is 0 Å². The summed E-state index contributed by atoms with van der Waals surface area (Å²) in [4.78, 5) is 14.4. The maximum absolute atomic E-state index is 12.6. The van der Waals surface area contributed by atoms with Gasteiger partial charge in [-0.05, 0) is 38.3 Å². The van der Waals surface area contributed by atoms with Crippen LogP contribution in [0.25, 0.3) is 0 Å². The van der Waals surface area contributed by atoms with Crippen molar-refractivity contribution in [2.24, 2.45) is 0 Å². The zero-order valence-corrected chi connectivity index (χ0v) is 14.5. The van der Waals surface area contributed by atoms with Crippen LogP contribution in [-0.2, 0) is 10.0 Å². The number of aryl methyl sites for hydroxylation is 2. The van der Waals surface area contributed by atoms with E-state index >= 15 is 0 Å². The highest BCUT2D eigenvalue weighted by molar-refractivity contribution is 7.88. The molecule has 0 spiro atoms. The molecule has 0 aliphatic carbocycles. The van der Waals surface area contributed by atoms with Gasteiger partial charge in [0.05, 0.1) is 6.26 Å². The SMILES string of the molecule is Cc1ccc(C(=O)N2CCC(N(C)S(C)(=O)=O)CC2)c(C)c1. The van der Waals surface area contributed by atoms with Gasteiger partial charge in [-0.3, -0.25) is 4.79 Å². The van der Waals surface area contributed by atoms with E-state index in [0.717, 1.165) is 16.7 Å². The molecule has 0 unspecified atom stereocenters. The standard InChI is InChI=1S/C16H24N2O3S/c1-12-5-6-15(13(2)11-12)16(19)18-9-7-14(8-10-18)17(3)22(4,20)21/h5-6,11,14H,7-10H2,1-4H3. The zero-order chi connectivity index (χ0) is 16.5. The van der Waals surface area contributed by atoms with Crippen molar-refractivity contribution in [3.8, 4) is 0 Å². The molecule has 0 aromatic heterocycles. The van der Waals surface area contributed by atoms with E-state index in [1.807, 2.05) is 36.9 Å². The second kappa shape index (κ2) is 6.38. The Morgan fingerprint density at radius 1 is 1.23 bits per heavy atom. The topological polar surface area (TPSA) is 57.7 Å². The van der Waals surface area contributed by atoms with Crippen LogP contribution in [-0.4, -0.2) is 56.0 Å². The lowest BCUT2D eigenvalue weighted by Gasteiger charge is -2.35. The second-order valence-corrected chi connectivity index (χ2v) is 8.16. The van der Waals surface area contributed by atoms with Gasteiger partial charge in [0.25, 0.3) is 5.91 Å². The van der Waals surface area contributed by atoms with E-state index < -0.39 is 10.0 Å². The largest absolute Gasteiger partial charge is 0.339 e. The quantitative estimate of drug-likeness (QED) is 0.852. The number of amides is 1. The molecular weight excluding hydrogens is 300 g/mol. The maximum atomic E-state index is 12.6. The summed E-state index contributed by atoms with van der Waals surface area (Å²) in [6.45, 7) is 5.14. The minimum atomic E-state index is -3.17. The number of rotatable bonds is 3. The Morgan fingerprint density at radius 3 is 2.32 bits per heavy atom. The number of nitrogens with zero attached hydrogens (tertiary/aromatic N) is 2. The number of benzene rings is 1. The highest BCUT2D eigenvalue weighted by Crippen LogP contribution is 2.20. The fourth-order valence-electron chi connectivity index (χ4n) is 2.93. The monoisotopic (exact) mass is 324 g/mol. The summed E-state index contributed by atoms with van der Waals surface area (Å²) in [5.41, 5.74) is 2.86. The van der Waals surface area contributed by atoms with Crippen molar-refractivity contribution in [2.45, 2.75) is 32.7 Å². The third-order valence-corrected chi connectivity index (χ3v) is 5.75. The lowest BCUT2D eigenvalue weighted by Crippen LogP contribution is -2.47. The fraction of sp³-hybridized carbons (Fsp3) is 0.562. The third-order valence-electron chi connectivity index (χ3n) is 4.40. The predicted molar refractivity (Wildman–Crippen MR) is 87.4 cm³/mol. The predicted octanol–water partition coefficient (Wildman–Crippen LogP) is 1.80. The number of hydrogen-bond donors (Lipinski definition) is 0. The number of piperidine rings is 1. The lowest BCUT2D eigenvalue weighted by molar-refractivity contribution is 0.0685. The molecule has 1 heterocycles. The van der Waals surface area contributed by atoms with Crippen LogP contribution >= 0.6 is 0 Å². The number of hydrogen-bond acceptors (Lipinski definition) is 3. The van der Waals surface area contributed by atoms with E-state index in [1.165, 1.54) is 10.6 Å². The summed E-state index contributed by atoms with van der Waals surface area (Å²) in [7, 11) is -1.56. The van der Waals surface area contributed by atoms with Crippen LogP contribution in [0.4, 0.5) is 0 Å². The maximum Gasteiger partial charge on any atom is 0.254 e. The summed E-state index contributed by atoms with van der Waals surface area (Å²) < 4.78 is 24.6. The molecule has 1 amide bonds. The minimum Gasteiger partial charge on any atom is -0.339 e. The molecule has 0 bridgehead atoms. The van der Waals surface area contributed by atoms with Crippen LogP contribution in [0.1, 0.15) is 34.3 Å². The molecular formula is C16H24N2O3S. The normalized spacial score (nSPS) is 17.0.